The van der Waals surface area contributed by atoms with E-state index in [-0.39, 0.29) is 5.56 Å². The maximum absolute atomic E-state index is 12.8. The van der Waals surface area contributed by atoms with Gasteiger partial charge in [0, 0.05) is 64.7 Å². The number of fused-ring (bicyclic) bond motifs is 4. The summed E-state index contributed by atoms with van der Waals surface area (Å²) >= 11 is 0. The van der Waals surface area contributed by atoms with Crippen molar-refractivity contribution in [1.29, 1.82) is 0 Å². The van der Waals surface area contributed by atoms with Crippen molar-refractivity contribution in [3.05, 3.63) is 74.3 Å². The van der Waals surface area contributed by atoms with Crippen LogP contribution < -0.4 is 24.8 Å². The molecule has 5 heterocycles. The second-order valence-electron chi connectivity index (χ2n) is 12.6. The average Bonchev–Trinajstić information content (AvgIpc) is 3.33. The van der Waals surface area contributed by atoms with Gasteiger partial charge < -0.3 is 14.2 Å². The zero-order chi connectivity index (χ0) is 30.4. The van der Waals surface area contributed by atoms with Crippen molar-refractivity contribution in [3.8, 4) is 11.5 Å². The molecule has 0 aliphatic carbocycles. The summed E-state index contributed by atoms with van der Waals surface area (Å²) in [4.78, 5) is 1.15. The van der Waals surface area contributed by atoms with Crippen LogP contribution in [0.4, 0.5) is 5.69 Å². The van der Waals surface area contributed by atoms with E-state index in [9.17, 15) is 25.9 Å². The highest BCUT2D eigenvalue weighted by Crippen LogP contribution is 2.48. The van der Waals surface area contributed by atoms with Crippen LogP contribution in [0.3, 0.4) is 0 Å². The van der Waals surface area contributed by atoms with Gasteiger partial charge in [0.05, 0.1) is 15.4 Å². The first-order chi connectivity index (χ1) is 21.1. The lowest BCUT2D eigenvalue weighted by molar-refractivity contribution is 0.442. The molecule has 230 valence electrons. The summed E-state index contributed by atoms with van der Waals surface area (Å²) in [5.74, 6) is 1.40. The van der Waals surface area contributed by atoms with Crippen molar-refractivity contribution in [3.63, 3.8) is 0 Å². The number of benzene rings is 3. The predicted octanol–water partition coefficient (Wildman–Crippen LogP) is 3.05. The minimum Gasteiger partial charge on any atom is -0.744 e. The number of rotatable bonds is 3. The molecule has 0 saturated carbocycles. The average molecular weight is 635 g/mol. The van der Waals surface area contributed by atoms with Crippen LogP contribution in [-0.2, 0) is 45.9 Å². The van der Waals surface area contributed by atoms with E-state index in [0.29, 0.717) is 17.1 Å². The summed E-state index contributed by atoms with van der Waals surface area (Å²) in [6.45, 7) is 3.93. The molecule has 5 aliphatic heterocycles. The normalized spacial score (nSPS) is 19.2. The monoisotopic (exact) mass is 634 g/mol. The van der Waals surface area contributed by atoms with Crippen molar-refractivity contribution in [1.82, 2.24) is 4.58 Å². The van der Waals surface area contributed by atoms with Crippen molar-refractivity contribution in [2.75, 3.05) is 31.1 Å². The quantitative estimate of drug-likeness (QED) is 0.269. The van der Waals surface area contributed by atoms with Crippen LogP contribution in [0.25, 0.3) is 5.57 Å². The zero-order valence-electron chi connectivity index (χ0n) is 24.4. The fourth-order valence-corrected chi connectivity index (χ4v) is 9.49. The highest BCUT2D eigenvalue weighted by Gasteiger charge is 2.36. The Morgan fingerprint density at radius 1 is 0.773 bits per heavy atom. The first-order valence-corrected chi connectivity index (χ1v) is 18.4. The Kier molecular flexibility index (Phi) is 6.50. The van der Waals surface area contributed by atoms with Crippen molar-refractivity contribution >= 4 is 31.5 Å². The minimum absolute atomic E-state index is 0.125. The predicted molar refractivity (Wildman–Crippen MR) is 164 cm³/mol. The van der Waals surface area contributed by atoms with Gasteiger partial charge in [-0.05, 0) is 81.2 Å². The lowest BCUT2D eigenvalue weighted by atomic mass is 9.84. The highest BCUT2D eigenvalue weighted by atomic mass is 32.2. The van der Waals surface area contributed by atoms with E-state index in [0.717, 1.165) is 118 Å². The molecule has 44 heavy (non-hydrogen) atoms. The van der Waals surface area contributed by atoms with Crippen LogP contribution >= 0.6 is 0 Å². The second-order valence-corrected chi connectivity index (χ2v) is 15.4. The molecular weight excluding hydrogens is 601 g/mol. The Hall–Kier alpha value is -3.25. The van der Waals surface area contributed by atoms with Crippen molar-refractivity contribution < 1.29 is 30.7 Å². The summed E-state index contributed by atoms with van der Waals surface area (Å²) in [5.41, 5.74) is 7.24. The third-order valence-corrected chi connectivity index (χ3v) is 11.7. The van der Waals surface area contributed by atoms with Crippen LogP contribution in [0.15, 0.2) is 40.1 Å². The van der Waals surface area contributed by atoms with Crippen LogP contribution in [0.2, 0.25) is 0 Å². The third kappa shape index (κ3) is 4.42. The standard InChI is InChI=1S/C33H34N2O7S2/c36-43(37,38)22-11-12-23(28(19-22)44(39,40)41)29-26-17-20-7-1-3-13-34-15-5-9-24(30(20)34)32(26)42-33-25-10-6-16-35-14-4-2-8-21(31(25)35)18-27(29)33/h11-12,17-19H,1-10,13-16H2,(H-,36,37,38,39,40,41). The molecule has 9 nitrogen and oxygen atoms in total. The Bertz CT molecular complexity index is 2120. The van der Waals surface area contributed by atoms with Gasteiger partial charge in [0.2, 0.25) is 5.36 Å². The molecule has 3 aromatic rings. The van der Waals surface area contributed by atoms with E-state index in [1.54, 1.807) is 0 Å². The summed E-state index contributed by atoms with van der Waals surface area (Å²) in [6, 6.07) is 7.54. The number of ether oxygens (including phenoxy) is 1. The van der Waals surface area contributed by atoms with Crippen LogP contribution in [-0.4, -0.2) is 52.1 Å². The highest BCUT2D eigenvalue weighted by molar-refractivity contribution is 7.86. The first-order valence-electron chi connectivity index (χ1n) is 15.6. The molecule has 0 bridgehead atoms. The van der Waals surface area contributed by atoms with Gasteiger partial charge in [0.25, 0.3) is 10.1 Å². The van der Waals surface area contributed by atoms with Crippen LogP contribution in [0.5, 0.6) is 11.5 Å². The molecule has 1 N–H and O–H groups in total. The molecule has 5 aliphatic rings. The van der Waals surface area contributed by atoms with Gasteiger partial charge in [-0.15, -0.1) is 0 Å². The molecule has 0 spiro atoms. The Morgan fingerprint density at radius 3 is 2.34 bits per heavy atom. The summed E-state index contributed by atoms with van der Waals surface area (Å²) in [6.07, 6.45) is 9.59. The molecule has 0 amide bonds. The smallest absolute Gasteiger partial charge is 0.294 e. The fourth-order valence-electron chi connectivity index (χ4n) is 8.20. The molecule has 0 saturated heterocycles. The third-order valence-electron chi connectivity index (χ3n) is 9.98. The Labute approximate surface area is 257 Å². The van der Waals surface area contributed by atoms with Gasteiger partial charge in [-0.25, -0.2) is 13.0 Å². The molecule has 0 fully saturated rings. The van der Waals surface area contributed by atoms with Gasteiger partial charge in [0.15, 0.2) is 0 Å². The van der Waals surface area contributed by atoms with Gasteiger partial charge in [-0.2, -0.15) is 8.42 Å². The SMILES string of the molecule is O=S(=O)([O-])c1cc(S(=O)(=O)O)ccc1C1=c2cc3c4c(c2Oc2c1cc1c5c2CCCN5CCCC1)CCC[N+]=4CCCC3. The molecule has 3 aromatic carbocycles. The molecule has 0 unspecified atom stereocenters. The van der Waals surface area contributed by atoms with Crippen molar-refractivity contribution in [2.24, 2.45) is 0 Å². The van der Waals surface area contributed by atoms with Gasteiger partial charge in [0.1, 0.15) is 34.7 Å². The number of hydrogen-bond acceptors (Lipinski definition) is 7. The number of aryl methyl sites for hydroxylation is 2. The maximum atomic E-state index is 12.8. The topological polar surface area (TPSA) is 127 Å². The summed E-state index contributed by atoms with van der Waals surface area (Å²) in [7, 11) is -9.90. The molecular formula is C33H34N2O7S2. The largest absolute Gasteiger partial charge is 0.744 e. The molecule has 11 heteroatoms. The minimum atomic E-state index is -5.15. The number of hydrogen-bond donors (Lipinski definition) is 1. The summed E-state index contributed by atoms with van der Waals surface area (Å²) < 4.78 is 81.8. The van der Waals surface area contributed by atoms with E-state index in [1.807, 2.05) is 0 Å². The first kappa shape index (κ1) is 28.2. The van der Waals surface area contributed by atoms with E-state index in [1.165, 1.54) is 34.3 Å². The molecule has 0 aromatic heterocycles. The molecule has 8 rings (SSSR count). The van der Waals surface area contributed by atoms with Crippen LogP contribution in [0.1, 0.15) is 71.9 Å². The fraction of sp³-hybridized carbons (Fsp3) is 0.424. The lowest BCUT2D eigenvalue weighted by Crippen LogP contribution is -2.41. The van der Waals surface area contributed by atoms with E-state index >= 15 is 0 Å². The maximum Gasteiger partial charge on any atom is 0.294 e. The second kappa shape index (κ2) is 10.1. The van der Waals surface area contributed by atoms with Gasteiger partial charge in [-0.3, -0.25) is 4.55 Å². The zero-order valence-corrected chi connectivity index (χ0v) is 26.0. The van der Waals surface area contributed by atoms with Crippen LogP contribution in [0, 0.1) is 0 Å². The molecule has 0 atom stereocenters. The number of nitrogens with zero attached hydrogens (tertiary/aromatic N) is 2. The van der Waals surface area contributed by atoms with E-state index in [2.05, 4.69) is 21.6 Å². The van der Waals surface area contributed by atoms with E-state index in [4.69, 9.17) is 4.74 Å². The van der Waals surface area contributed by atoms with Gasteiger partial charge in [-0.1, -0.05) is 6.07 Å². The number of anilines is 1. The lowest BCUT2D eigenvalue weighted by Gasteiger charge is -2.35. The van der Waals surface area contributed by atoms with Gasteiger partial charge >= 0.3 is 0 Å². The van der Waals surface area contributed by atoms with Crippen molar-refractivity contribution in [2.45, 2.75) is 74.0 Å². The summed E-state index contributed by atoms with van der Waals surface area (Å²) in [5, 5.41) is 1.95. The molecule has 0 radical (unpaired) electrons. The van der Waals surface area contributed by atoms with E-state index < -0.39 is 30.0 Å². The Morgan fingerprint density at radius 2 is 1.52 bits per heavy atom. The Balaban J connectivity index is 1.55.